The summed E-state index contributed by atoms with van der Waals surface area (Å²) in [5.41, 5.74) is 4.96. The highest BCUT2D eigenvalue weighted by atomic mass is 19.4. The zero-order valence-electron chi connectivity index (χ0n) is 27.0. The number of benzene rings is 3. The number of halogens is 3. The third kappa shape index (κ3) is 6.50. The number of amides is 3. The quantitative estimate of drug-likeness (QED) is 0.260. The fourth-order valence-electron chi connectivity index (χ4n) is 6.78. The van der Waals surface area contributed by atoms with E-state index in [0.717, 1.165) is 22.3 Å². The van der Waals surface area contributed by atoms with Crippen molar-refractivity contribution in [2.24, 2.45) is 5.92 Å². The summed E-state index contributed by atoms with van der Waals surface area (Å²) >= 11 is 0. The molecule has 0 bridgehead atoms. The molecule has 3 aromatic carbocycles. The van der Waals surface area contributed by atoms with E-state index >= 15 is 0 Å². The van der Waals surface area contributed by atoms with Gasteiger partial charge >= 0.3 is 12.5 Å². The third-order valence-corrected chi connectivity index (χ3v) is 9.12. The second kappa shape index (κ2) is 11.9. The standard InChI is InChI=1S/C37H37F3N2O5/c1-21(2)41-31-18-27(22(3)13-30(31)36(4,5)19-33(41)43)29-16-24(11-12-32(29)47-37(38,39)40)14-25-17-28(25)34(44)42-26(20-46-35(42)45)15-23-9-7-6-8-10-23/h6-14,16,18,21,26,28H,15,17,19-20H2,1-5H3/b25-14+/t26-,28-/m0/s1. The lowest BCUT2D eigenvalue weighted by molar-refractivity contribution is -0.274. The Morgan fingerprint density at radius 3 is 2.47 bits per heavy atom. The second-order valence-electron chi connectivity index (χ2n) is 13.5. The van der Waals surface area contributed by atoms with Crippen LogP contribution in [0.2, 0.25) is 0 Å². The van der Waals surface area contributed by atoms with Crippen molar-refractivity contribution < 1.29 is 37.0 Å². The summed E-state index contributed by atoms with van der Waals surface area (Å²) in [6.45, 7) is 9.75. The number of hydrogen-bond donors (Lipinski definition) is 0. The molecule has 6 rings (SSSR count). The van der Waals surface area contributed by atoms with Gasteiger partial charge in [-0.05, 0) is 79.6 Å². The predicted octanol–water partition coefficient (Wildman–Crippen LogP) is 7.98. The minimum absolute atomic E-state index is 0.0464. The lowest BCUT2D eigenvalue weighted by Crippen LogP contribution is -2.45. The smallest absolute Gasteiger partial charge is 0.447 e. The van der Waals surface area contributed by atoms with Gasteiger partial charge in [0.2, 0.25) is 11.8 Å². The average Bonchev–Trinajstić information content (AvgIpc) is 3.66. The molecule has 246 valence electrons. The predicted molar refractivity (Wildman–Crippen MR) is 172 cm³/mol. The Kier molecular flexibility index (Phi) is 8.18. The van der Waals surface area contributed by atoms with Gasteiger partial charge in [0.25, 0.3) is 0 Å². The van der Waals surface area contributed by atoms with Crippen LogP contribution in [0.5, 0.6) is 5.75 Å². The van der Waals surface area contributed by atoms with E-state index in [0.29, 0.717) is 36.1 Å². The van der Waals surface area contributed by atoms with Gasteiger partial charge < -0.3 is 14.4 Å². The first-order chi connectivity index (χ1) is 22.1. The van der Waals surface area contributed by atoms with Gasteiger partial charge in [0.1, 0.15) is 12.4 Å². The summed E-state index contributed by atoms with van der Waals surface area (Å²) in [5.74, 6) is -1.28. The van der Waals surface area contributed by atoms with Crippen molar-refractivity contribution >= 4 is 29.7 Å². The largest absolute Gasteiger partial charge is 0.573 e. The third-order valence-electron chi connectivity index (χ3n) is 9.12. The number of carbonyl (C=O) groups is 3. The normalized spacial score (nSPS) is 21.3. The SMILES string of the molecule is Cc1cc2c(cc1-c1cc(/C=C3\C[C@@H]3C(=O)N3C(=O)OC[C@@H]3Cc3ccccc3)ccc1OC(F)(F)F)N(C(C)C)C(=O)CC2(C)C. The number of fused-ring (bicyclic) bond motifs is 1. The second-order valence-corrected chi connectivity index (χ2v) is 13.5. The van der Waals surface area contributed by atoms with Gasteiger partial charge in [-0.2, -0.15) is 0 Å². The highest BCUT2D eigenvalue weighted by Crippen LogP contribution is 2.47. The van der Waals surface area contributed by atoms with Gasteiger partial charge in [-0.15, -0.1) is 13.2 Å². The van der Waals surface area contributed by atoms with Gasteiger partial charge in [0.15, 0.2) is 0 Å². The molecule has 1 saturated heterocycles. The Labute approximate surface area is 272 Å². The zero-order valence-corrected chi connectivity index (χ0v) is 27.0. The first kappa shape index (κ1) is 32.3. The number of nitrogens with zero attached hydrogens (tertiary/aromatic N) is 2. The molecule has 0 spiro atoms. The number of anilines is 1. The molecule has 2 fully saturated rings. The monoisotopic (exact) mass is 646 g/mol. The van der Waals surface area contributed by atoms with Crippen molar-refractivity contribution in [2.45, 2.75) is 77.7 Å². The lowest BCUT2D eigenvalue weighted by Gasteiger charge is -2.41. The minimum atomic E-state index is -4.92. The Morgan fingerprint density at radius 1 is 1.06 bits per heavy atom. The van der Waals surface area contributed by atoms with Crippen molar-refractivity contribution in [3.8, 4) is 16.9 Å². The summed E-state index contributed by atoms with van der Waals surface area (Å²) in [4.78, 5) is 42.1. The maximum absolute atomic E-state index is 13.6. The molecule has 1 saturated carbocycles. The van der Waals surface area contributed by atoms with Crippen LogP contribution in [0.4, 0.5) is 23.7 Å². The summed E-state index contributed by atoms with van der Waals surface area (Å²) in [6, 6.07) is 17.1. The number of imide groups is 1. The van der Waals surface area contributed by atoms with Gasteiger partial charge in [-0.3, -0.25) is 9.59 Å². The molecule has 2 atom stereocenters. The van der Waals surface area contributed by atoms with Crippen LogP contribution in [0.25, 0.3) is 17.2 Å². The van der Waals surface area contributed by atoms with E-state index in [1.807, 2.05) is 71.0 Å². The van der Waals surface area contributed by atoms with Crippen LogP contribution in [0.15, 0.2) is 66.2 Å². The maximum atomic E-state index is 13.6. The Bertz CT molecular complexity index is 1780. The van der Waals surface area contributed by atoms with Crippen LogP contribution in [-0.4, -0.2) is 47.9 Å². The number of rotatable bonds is 7. The Hall–Kier alpha value is -4.60. The molecule has 2 aliphatic heterocycles. The van der Waals surface area contributed by atoms with Crippen LogP contribution >= 0.6 is 0 Å². The highest BCUT2D eigenvalue weighted by Gasteiger charge is 2.47. The molecular formula is C37H37F3N2O5. The molecule has 0 radical (unpaired) electrons. The summed E-state index contributed by atoms with van der Waals surface area (Å²) in [6.07, 6.45) is -2.59. The molecule has 3 aromatic rings. The van der Waals surface area contributed by atoms with E-state index in [1.165, 1.54) is 17.0 Å². The van der Waals surface area contributed by atoms with E-state index in [2.05, 4.69) is 4.74 Å². The summed E-state index contributed by atoms with van der Waals surface area (Å²) in [7, 11) is 0. The van der Waals surface area contributed by atoms with E-state index in [4.69, 9.17) is 4.74 Å². The van der Waals surface area contributed by atoms with Crippen LogP contribution in [0.3, 0.4) is 0 Å². The number of carbonyl (C=O) groups excluding carboxylic acids is 3. The Balaban J connectivity index is 1.33. The van der Waals surface area contributed by atoms with Crippen LogP contribution in [0.1, 0.15) is 62.8 Å². The average molecular weight is 647 g/mol. The number of cyclic esters (lactones) is 1. The topological polar surface area (TPSA) is 76.2 Å². The molecule has 2 heterocycles. The van der Waals surface area contributed by atoms with E-state index in [1.54, 1.807) is 23.1 Å². The molecule has 7 nitrogen and oxygen atoms in total. The van der Waals surface area contributed by atoms with Crippen LogP contribution in [0, 0.1) is 12.8 Å². The minimum Gasteiger partial charge on any atom is -0.447 e. The molecule has 0 aromatic heterocycles. The highest BCUT2D eigenvalue weighted by molar-refractivity contribution is 6.00. The van der Waals surface area contributed by atoms with Crippen LogP contribution in [-0.2, 0) is 26.2 Å². The van der Waals surface area contributed by atoms with Crippen molar-refractivity contribution in [2.75, 3.05) is 11.5 Å². The number of ether oxygens (including phenoxy) is 2. The molecule has 0 unspecified atom stereocenters. The molecule has 1 aliphatic carbocycles. The van der Waals surface area contributed by atoms with Gasteiger partial charge in [-0.25, -0.2) is 9.69 Å². The molecule has 47 heavy (non-hydrogen) atoms. The fraction of sp³-hybridized carbons (Fsp3) is 0.378. The number of hydrogen-bond acceptors (Lipinski definition) is 5. The van der Waals surface area contributed by atoms with Crippen molar-refractivity contribution in [1.82, 2.24) is 4.90 Å². The fourth-order valence-corrected chi connectivity index (χ4v) is 6.78. The number of alkyl halides is 3. The summed E-state index contributed by atoms with van der Waals surface area (Å²) < 4.78 is 50.4. The molecule has 10 heteroatoms. The lowest BCUT2D eigenvalue weighted by atomic mass is 9.75. The number of aryl methyl sites for hydroxylation is 1. The van der Waals surface area contributed by atoms with E-state index < -0.39 is 29.8 Å². The molecule has 3 amide bonds. The van der Waals surface area contributed by atoms with Crippen molar-refractivity contribution in [3.63, 3.8) is 0 Å². The van der Waals surface area contributed by atoms with E-state index in [-0.39, 0.29) is 35.8 Å². The van der Waals surface area contributed by atoms with Gasteiger partial charge in [0.05, 0.1) is 12.0 Å². The van der Waals surface area contributed by atoms with Crippen LogP contribution < -0.4 is 9.64 Å². The van der Waals surface area contributed by atoms with Crippen molar-refractivity contribution in [1.29, 1.82) is 0 Å². The first-order valence-corrected chi connectivity index (χ1v) is 15.7. The van der Waals surface area contributed by atoms with E-state index in [9.17, 15) is 27.6 Å². The molecular weight excluding hydrogens is 609 g/mol. The maximum Gasteiger partial charge on any atom is 0.573 e. The molecule has 0 N–H and O–H groups in total. The Morgan fingerprint density at radius 2 is 1.79 bits per heavy atom. The molecule has 3 aliphatic rings. The summed E-state index contributed by atoms with van der Waals surface area (Å²) in [5, 5.41) is 0. The van der Waals surface area contributed by atoms with Gasteiger partial charge in [0, 0.05) is 29.1 Å². The van der Waals surface area contributed by atoms with Gasteiger partial charge in [-0.1, -0.05) is 68.0 Å². The van der Waals surface area contributed by atoms with Crippen molar-refractivity contribution in [3.05, 3.63) is 88.5 Å². The first-order valence-electron chi connectivity index (χ1n) is 15.7. The zero-order chi connectivity index (χ0) is 33.8.